The number of thiophene rings is 1. The van der Waals surface area contributed by atoms with E-state index in [1.165, 1.54) is 11.3 Å². The van der Waals surface area contributed by atoms with Crippen molar-refractivity contribution < 1.29 is 9.53 Å². The molecule has 0 aliphatic heterocycles. The molecular weight excluding hydrogens is 394 g/mol. The topological polar surface area (TPSA) is 56.2 Å². The van der Waals surface area contributed by atoms with Gasteiger partial charge in [-0.25, -0.2) is 4.98 Å². The zero-order valence-corrected chi connectivity index (χ0v) is 17.6. The van der Waals surface area contributed by atoms with Gasteiger partial charge in [0.25, 0.3) is 5.91 Å². The van der Waals surface area contributed by atoms with E-state index in [4.69, 9.17) is 9.72 Å². The molecule has 0 saturated carbocycles. The summed E-state index contributed by atoms with van der Waals surface area (Å²) in [5.41, 5.74) is 2.16. The van der Waals surface area contributed by atoms with E-state index in [1.807, 2.05) is 66.0 Å². The van der Waals surface area contributed by atoms with Gasteiger partial charge in [-0.15, -0.1) is 11.3 Å². The van der Waals surface area contributed by atoms with Gasteiger partial charge in [-0.05, 0) is 48.6 Å². The molecule has 0 spiro atoms. The molecule has 4 rings (SSSR count). The van der Waals surface area contributed by atoms with Crippen molar-refractivity contribution >= 4 is 28.3 Å². The maximum atomic E-state index is 12.1. The van der Waals surface area contributed by atoms with E-state index >= 15 is 0 Å². The molecule has 0 radical (unpaired) electrons. The molecule has 5 nitrogen and oxygen atoms in total. The lowest BCUT2D eigenvalue weighted by Crippen LogP contribution is -2.24. The molecule has 2 heterocycles. The number of nitrogens with one attached hydrogen (secondary N) is 1. The van der Waals surface area contributed by atoms with Gasteiger partial charge in [-0.3, -0.25) is 4.79 Å². The molecule has 0 aliphatic carbocycles. The van der Waals surface area contributed by atoms with E-state index in [0.29, 0.717) is 13.2 Å². The summed E-state index contributed by atoms with van der Waals surface area (Å²) >= 11 is 1.46. The zero-order valence-electron chi connectivity index (χ0n) is 16.8. The first-order valence-electron chi connectivity index (χ1n) is 10.2. The number of fused-ring (bicyclic) bond motifs is 1. The van der Waals surface area contributed by atoms with Crippen molar-refractivity contribution in [1.82, 2.24) is 14.9 Å². The van der Waals surface area contributed by atoms with Crippen LogP contribution in [0.1, 0.15) is 28.3 Å². The molecule has 4 aromatic rings. The first kappa shape index (κ1) is 20.2. The fourth-order valence-corrected chi connectivity index (χ4v) is 4.08. The van der Waals surface area contributed by atoms with Crippen LogP contribution >= 0.6 is 11.3 Å². The van der Waals surface area contributed by atoms with Crippen molar-refractivity contribution in [3.63, 3.8) is 0 Å². The largest absolute Gasteiger partial charge is 0.494 e. The SMILES string of the molecule is O=C(NCCCc1nc2ccccc2n1CCCOc1ccccc1)c1cccs1. The number of carbonyl (C=O) groups excluding carboxylic acids is 1. The zero-order chi connectivity index (χ0) is 20.6. The Bertz CT molecular complexity index is 1070. The normalized spacial score (nSPS) is 10.9. The number of rotatable bonds is 10. The van der Waals surface area contributed by atoms with Crippen LogP contribution in [0.5, 0.6) is 5.75 Å². The van der Waals surface area contributed by atoms with E-state index in [-0.39, 0.29) is 5.91 Å². The molecule has 2 aromatic carbocycles. The molecule has 2 aromatic heterocycles. The third-order valence-corrected chi connectivity index (χ3v) is 5.75. The third kappa shape index (κ3) is 5.07. The molecule has 30 heavy (non-hydrogen) atoms. The smallest absolute Gasteiger partial charge is 0.261 e. The van der Waals surface area contributed by atoms with Crippen molar-refractivity contribution in [3.05, 3.63) is 82.8 Å². The Morgan fingerprint density at radius 1 is 1.00 bits per heavy atom. The van der Waals surface area contributed by atoms with Crippen LogP contribution < -0.4 is 10.1 Å². The van der Waals surface area contributed by atoms with Gasteiger partial charge in [0.1, 0.15) is 11.6 Å². The Hall–Kier alpha value is -3.12. The van der Waals surface area contributed by atoms with Gasteiger partial charge in [0, 0.05) is 19.5 Å². The minimum atomic E-state index is -0.00318. The number of imidazole rings is 1. The van der Waals surface area contributed by atoms with Crippen LogP contribution in [0, 0.1) is 0 Å². The maximum Gasteiger partial charge on any atom is 0.261 e. The van der Waals surface area contributed by atoms with Crippen LogP contribution in [0.25, 0.3) is 11.0 Å². The summed E-state index contributed by atoms with van der Waals surface area (Å²) in [6.07, 6.45) is 2.57. The number of amides is 1. The van der Waals surface area contributed by atoms with E-state index in [0.717, 1.165) is 53.3 Å². The molecule has 0 unspecified atom stereocenters. The van der Waals surface area contributed by atoms with E-state index in [2.05, 4.69) is 16.0 Å². The molecule has 1 N–H and O–H groups in total. The van der Waals surface area contributed by atoms with Crippen molar-refractivity contribution in [1.29, 1.82) is 0 Å². The number of benzene rings is 2. The molecule has 154 valence electrons. The summed E-state index contributed by atoms with van der Waals surface area (Å²) in [7, 11) is 0. The number of aryl methyl sites for hydroxylation is 2. The Morgan fingerprint density at radius 3 is 2.67 bits per heavy atom. The average molecular weight is 420 g/mol. The number of aromatic nitrogens is 2. The molecule has 0 bridgehead atoms. The van der Waals surface area contributed by atoms with Gasteiger partial charge in [0.15, 0.2) is 0 Å². The quantitative estimate of drug-likeness (QED) is 0.371. The number of carbonyl (C=O) groups is 1. The average Bonchev–Trinajstić information content (AvgIpc) is 3.43. The van der Waals surface area contributed by atoms with Gasteiger partial charge in [0.2, 0.25) is 0 Å². The van der Waals surface area contributed by atoms with Gasteiger partial charge in [-0.2, -0.15) is 0 Å². The minimum Gasteiger partial charge on any atom is -0.494 e. The second-order valence-corrected chi connectivity index (χ2v) is 7.97. The lowest BCUT2D eigenvalue weighted by molar-refractivity contribution is 0.0957. The van der Waals surface area contributed by atoms with Crippen LogP contribution in [-0.4, -0.2) is 28.6 Å². The highest BCUT2D eigenvalue weighted by Crippen LogP contribution is 2.18. The summed E-state index contributed by atoms with van der Waals surface area (Å²) in [6.45, 7) is 2.15. The Balaban J connectivity index is 1.33. The van der Waals surface area contributed by atoms with E-state index < -0.39 is 0 Å². The van der Waals surface area contributed by atoms with Crippen molar-refractivity contribution in [2.24, 2.45) is 0 Å². The van der Waals surface area contributed by atoms with Crippen molar-refractivity contribution in [2.45, 2.75) is 25.8 Å². The van der Waals surface area contributed by atoms with Crippen LogP contribution in [0.4, 0.5) is 0 Å². The fraction of sp³-hybridized carbons (Fsp3) is 0.250. The number of hydrogen-bond donors (Lipinski definition) is 1. The number of ether oxygens (including phenoxy) is 1. The number of para-hydroxylation sites is 3. The molecule has 0 fully saturated rings. The molecule has 6 heteroatoms. The van der Waals surface area contributed by atoms with Crippen LogP contribution in [-0.2, 0) is 13.0 Å². The Morgan fingerprint density at radius 2 is 1.83 bits per heavy atom. The second-order valence-electron chi connectivity index (χ2n) is 7.02. The number of hydrogen-bond acceptors (Lipinski definition) is 4. The Labute approximate surface area is 180 Å². The number of nitrogens with zero attached hydrogens (tertiary/aromatic N) is 2. The predicted octanol–water partition coefficient (Wildman–Crippen LogP) is 4.93. The van der Waals surface area contributed by atoms with E-state index in [1.54, 1.807) is 0 Å². The summed E-state index contributed by atoms with van der Waals surface area (Å²) in [5.74, 6) is 1.95. The Kier molecular flexibility index (Phi) is 6.77. The van der Waals surface area contributed by atoms with Gasteiger partial charge in [-0.1, -0.05) is 36.4 Å². The lowest BCUT2D eigenvalue weighted by Gasteiger charge is -2.11. The predicted molar refractivity (Wildman–Crippen MR) is 121 cm³/mol. The third-order valence-electron chi connectivity index (χ3n) is 4.88. The second kappa shape index (κ2) is 10.1. The minimum absolute atomic E-state index is 0.00318. The van der Waals surface area contributed by atoms with E-state index in [9.17, 15) is 4.79 Å². The highest BCUT2D eigenvalue weighted by atomic mass is 32.1. The summed E-state index contributed by atoms with van der Waals surface area (Å²) < 4.78 is 8.12. The monoisotopic (exact) mass is 419 g/mol. The highest BCUT2D eigenvalue weighted by molar-refractivity contribution is 7.12. The molecule has 0 atom stereocenters. The first-order valence-corrected chi connectivity index (χ1v) is 11.1. The summed E-state index contributed by atoms with van der Waals surface area (Å²) in [5, 5.41) is 4.91. The molecular formula is C24H25N3O2S. The van der Waals surface area contributed by atoms with Crippen molar-refractivity contribution in [2.75, 3.05) is 13.2 Å². The van der Waals surface area contributed by atoms with Gasteiger partial charge < -0.3 is 14.6 Å². The lowest BCUT2D eigenvalue weighted by atomic mass is 10.2. The molecule has 0 saturated heterocycles. The van der Waals surface area contributed by atoms with Crippen LogP contribution in [0.2, 0.25) is 0 Å². The fourth-order valence-electron chi connectivity index (χ4n) is 3.44. The van der Waals surface area contributed by atoms with Crippen molar-refractivity contribution in [3.8, 4) is 5.75 Å². The van der Waals surface area contributed by atoms with Gasteiger partial charge >= 0.3 is 0 Å². The van der Waals surface area contributed by atoms with Gasteiger partial charge in [0.05, 0.1) is 22.5 Å². The van der Waals surface area contributed by atoms with Crippen LogP contribution in [0.15, 0.2) is 72.1 Å². The first-order chi connectivity index (χ1) is 14.8. The maximum absolute atomic E-state index is 12.1. The summed E-state index contributed by atoms with van der Waals surface area (Å²) in [4.78, 5) is 17.7. The molecule has 0 aliphatic rings. The highest BCUT2D eigenvalue weighted by Gasteiger charge is 2.11. The summed E-state index contributed by atoms with van der Waals surface area (Å²) in [6, 6.07) is 21.9. The van der Waals surface area contributed by atoms with Crippen LogP contribution in [0.3, 0.4) is 0 Å². The standard InChI is InChI=1S/C24H25N3O2S/c28-24(22-13-7-18-30-22)25-15-6-14-23-26-20-11-4-5-12-21(20)27(23)16-8-17-29-19-9-2-1-3-10-19/h1-5,7,9-13,18H,6,8,14-17H2,(H,25,28). The molecule has 1 amide bonds.